The van der Waals surface area contributed by atoms with Crippen LogP contribution in [0.4, 0.5) is 5.95 Å². The lowest BCUT2D eigenvalue weighted by Gasteiger charge is -2.38. The highest BCUT2D eigenvalue weighted by molar-refractivity contribution is 5.88. The van der Waals surface area contributed by atoms with Gasteiger partial charge in [0.1, 0.15) is 0 Å². The van der Waals surface area contributed by atoms with Gasteiger partial charge in [0.25, 0.3) is 0 Å². The minimum Gasteiger partial charge on any atom is -0.462 e. The maximum Gasteiger partial charge on any atom is 0.341 e. The second-order valence-electron chi connectivity index (χ2n) is 6.81. The Morgan fingerprint density at radius 3 is 2.45 bits per heavy atom. The first-order valence-electron chi connectivity index (χ1n) is 9.91. The molecular formula is C22H28N4O3. The highest BCUT2D eigenvalue weighted by Crippen LogP contribution is 2.15. The van der Waals surface area contributed by atoms with Gasteiger partial charge in [-0.25, -0.2) is 14.8 Å². The molecule has 3 rings (SSSR count). The predicted molar refractivity (Wildman–Crippen MR) is 113 cm³/mol. The van der Waals surface area contributed by atoms with Gasteiger partial charge in [-0.3, -0.25) is 4.90 Å². The third kappa shape index (κ3) is 5.85. The highest BCUT2D eigenvalue weighted by atomic mass is 16.5. The standard InChI is InChI=1S/C22H28N4O3/c1-3-29-21(27)19-15-23-22(24-16-19)26-13-11-25(12-14-26)20(17-28-2)10-9-18-7-5-4-6-8-18/h4-10,15-16,20H,3,11-14,17H2,1-2H3/b10-9+. The molecule has 7 heteroatoms. The average Bonchev–Trinajstić information content (AvgIpc) is 2.78. The Bertz CT molecular complexity index is 787. The molecule has 7 nitrogen and oxygen atoms in total. The summed E-state index contributed by atoms with van der Waals surface area (Å²) in [7, 11) is 1.73. The van der Waals surface area contributed by atoms with Crippen LogP contribution >= 0.6 is 0 Å². The first kappa shape index (κ1) is 21.0. The van der Waals surface area contributed by atoms with E-state index in [0.717, 1.165) is 26.2 Å². The zero-order valence-electron chi connectivity index (χ0n) is 17.0. The first-order chi connectivity index (χ1) is 14.2. The summed E-state index contributed by atoms with van der Waals surface area (Å²) >= 11 is 0. The third-order valence-electron chi connectivity index (χ3n) is 4.86. The molecule has 0 spiro atoms. The molecule has 0 N–H and O–H groups in total. The van der Waals surface area contributed by atoms with Crippen molar-refractivity contribution in [1.29, 1.82) is 0 Å². The van der Waals surface area contributed by atoms with Gasteiger partial charge < -0.3 is 14.4 Å². The number of hydrogen-bond acceptors (Lipinski definition) is 7. The SMILES string of the molecule is CCOC(=O)c1cnc(N2CCN(C(/C=C/c3ccccc3)COC)CC2)nc1. The van der Waals surface area contributed by atoms with E-state index in [-0.39, 0.29) is 6.04 Å². The number of benzene rings is 1. The Morgan fingerprint density at radius 2 is 1.83 bits per heavy atom. The molecule has 1 saturated heterocycles. The van der Waals surface area contributed by atoms with Crippen molar-refractivity contribution in [3.8, 4) is 0 Å². The summed E-state index contributed by atoms with van der Waals surface area (Å²) < 4.78 is 10.4. The van der Waals surface area contributed by atoms with Crippen LogP contribution in [0, 0.1) is 0 Å². The fraction of sp³-hybridized carbons (Fsp3) is 0.409. The maximum atomic E-state index is 11.7. The number of esters is 1. The molecule has 0 bridgehead atoms. The molecule has 0 radical (unpaired) electrons. The van der Waals surface area contributed by atoms with E-state index in [9.17, 15) is 4.79 Å². The van der Waals surface area contributed by atoms with E-state index in [2.05, 4.69) is 44.1 Å². The third-order valence-corrected chi connectivity index (χ3v) is 4.86. The van der Waals surface area contributed by atoms with Crippen molar-refractivity contribution in [2.75, 3.05) is 51.4 Å². The van der Waals surface area contributed by atoms with Gasteiger partial charge in [0.15, 0.2) is 0 Å². The smallest absolute Gasteiger partial charge is 0.341 e. The summed E-state index contributed by atoms with van der Waals surface area (Å²) in [6.45, 7) is 6.17. The summed E-state index contributed by atoms with van der Waals surface area (Å²) in [5, 5.41) is 0. The lowest BCUT2D eigenvalue weighted by Crippen LogP contribution is -2.51. The average molecular weight is 396 g/mol. The van der Waals surface area contributed by atoms with E-state index in [1.165, 1.54) is 18.0 Å². The molecule has 1 fully saturated rings. The lowest BCUT2D eigenvalue weighted by molar-refractivity contribution is 0.0525. The second-order valence-corrected chi connectivity index (χ2v) is 6.81. The number of piperazine rings is 1. The molecule has 1 aliphatic heterocycles. The number of anilines is 1. The number of hydrogen-bond donors (Lipinski definition) is 0. The predicted octanol–water partition coefficient (Wildman–Crippen LogP) is 2.50. The fourth-order valence-electron chi connectivity index (χ4n) is 3.30. The van der Waals surface area contributed by atoms with E-state index in [1.807, 2.05) is 18.2 Å². The number of ether oxygens (including phenoxy) is 2. The van der Waals surface area contributed by atoms with E-state index in [1.54, 1.807) is 14.0 Å². The minimum absolute atomic E-state index is 0.217. The van der Waals surface area contributed by atoms with E-state index in [0.29, 0.717) is 24.7 Å². The van der Waals surface area contributed by atoms with Gasteiger partial charge in [-0.1, -0.05) is 42.5 Å². The van der Waals surface area contributed by atoms with Gasteiger partial charge in [-0.2, -0.15) is 0 Å². The van der Waals surface area contributed by atoms with Crippen molar-refractivity contribution in [2.45, 2.75) is 13.0 Å². The summed E-state index contributed by atoms with van der Waals surface area (Å²) in [6, 6.07) is 10.5. The first-order valence-corrected chi connectivity index (χ1v) is 9.91. The van der Waals surface area contributed by atoms with Crippen LogP contribution in [0.5, 0.6) is 0 Å². The van der Waals surface area contributed by atoms with E-state index in [4.69, 9.17) is 9.47 Å². The molecular weight excluding hydrogens is 368 g/mol. The molecule has 2 heterocycles. The molecule has 0 saturated carbocycles. The van der Waals surface area contributed by atoms with Crippen molar-refractivity contribution in [3.63, 3.8) is 0 Å². The number of aromatic nitrogens is 2. The van der Waals surface area contributed by atoms with Gasteiger partial charge >= 0.3 is 5.97 Å². The van der Waals surface area contributed by atoms with Crippen molar-refractivity contribution >= 4 is 18.0 Å². The van der Waals surface area contributed by atoms with Gasteiger partial charge in [0.2, 0.25) is 5.95 Å². The van der Waals surface area contributed by atoms with Crippen LogP contribution < -0.4 is 4.90 Å². The van der Waals surface area contributed by atoms with Crippen LogP contribution in [0.25, 0.3) is 6.08 Å². The normalized spacial score (nSPS) is 16.1. The Balaban J connectivity index is 1.58. The van der Waals surface area contributed by atoms with Crippen LogP contribution in [-0.2, 0) is 9.47 Å². The second kappa shape index (κ2) is 10.7. The maximum absolute atomic E-state index is 11.7. The molecule has 1 aromatic heterocycles. The monoisotopic (exact) mass is 396 g/mol. The summed E-state index contributed by atoms with van der Waals surface area (Å²) in [6.07, 6.45) is 7.42. The van der Waals surface area contributed by atoms with Gasteiger partial charge in [-0.05, 0) is 12.5 Å². The Morgan fingerprint density at radius 1 is 1.14 bits per heavy atom. The molecule has 1 unspecified atom stereocenters. The number of carbonyl (C=O) groups is 1. The van der Waals surface area contributed by atoms with Crippen LogP contribution in [-0.4, -0.2) is 73.4 Å². The van der Waals surface area contributed by atoms with Crippen molar-refractivity contribution < 1.29 is 14.3 Å². The fourth-order valence-corrected chi connectivity index (χ4v) is 3.30. The zero-order valence-corrected chi connectivity index (χ0v) is 17.0. The molecule has 2 aromatic rings. The summed E-state index contributed by atoms with van der Waals surface area (Å²) in [4.78, 5) is 25.0. The molecule has 1 aliphatic rings. The van der Waals surface area contributed by atoms with Crippen molar-refractivity contribution in [3.05, 3.63) is 59.9 Å². The Hall–Kier alpha value is -2.77. The van der Waals surface area contributed by atoms with E-state index >= 15 is 0 Å². The number of rotatable bonds is 8. The largest absolute Gasteiger partial charge is 0.462 e. The minimum atomic E-state index is -0.392. The molecule has 1 atom stereocenters. The lowest BCUT2D eigenvalue weighted by atomic mass is 10.1. The van der Waals surface area contributed by atoms with Gasteiger partial charge in [-0.15, -0.1) is 0 Å². The Kier molecular flexibility index (Phi) is 7.72. The summed E-state index contributed by atoms with van der Waals surface area (Å²) in [5.74, 6) is 0.247. The molecule has 0 amide bonds. The van der Waals surface area contributed by atoms with Crippen LogP contribution in [0.15, 0.2) is 48.8 Å². The topological polar surface area (TPSA) is 67.8 Å². The van der Waals surface area contributed by atoms with Crippen LogP contribution in [0.3, 0.4) is 0 Å². The molecule has 154 valence electrons. The summed E-state index contributed by atoms with van der Waals surface area (Å²) in [5.41, 5.74) is 1.56. The molecule has 1 aromatic carbocycles. The zero-order chi connectivity index (χ0) is 20.5. The van der Waals surface area contributed by atoms with E-state index < -0.39 is 5.97 Å². The molecule has 0 aliphatic carbocycles. The van der Waals surface area contributed by atoms with Crippen molar-refractivity contribution in [1.82, 2.24) is 14.9 Å². The molecule has 29 heavy (non-hydrogen) atoms. The van der Waals surface area contributed by atoms with Crippen LogP contribution in [0.2, 0.25) is 0 Å². The Labute approximate surface area is 172 Å². The highest BCUT2D eigenvalue weighted by Gasteiger charge is 2.23. The van der Waals surface area contributed by atoms with Crippen molar-refractivity contribution in [2.24, 2.45) is 0 Å². The quantitative estimate of drug-likeness (QED) is 0.635. The number of nitrogens with zero attached hydrogens (tertiary/aromatic N) is 4. The number of carbonyl (C=O) groups excluding carboxylic acids is 1. The number of methoxy groups -OCH3 is 1. The van der Waals surface area contributed by atoms with Gasteiger partial charge in [0.05, 0.1) is 24.8 Å². The van der Waals surface area contributed by atoms with Crippen LogP contribution in [0.1, 0.15) is 22.8 Å². The van der Waals surface area contributed by atoms with Gasteiger partial charge in [0, 0.05) is 45.7 Å².